The molecule has 162 valence electrons. The smallest absolute Gasteiger partial charge is 0.274 e. The first kappa shape index (κ1) is 21.5. The fourth-order valence-corrected chi connectivity index (χ4v) is 4.43. The number of benzene rings is 2. The van der Waals surface area contributed by atoms with Gasteiger partial charge in [-0.25, -0.2) is 9.38 Å². The van der Waals surface area contributed by atoms with Crippen LogP contribution in [0.2, 0.25) is 0 Å². The van der Waals surface area contributed by atoms with Crippen molar-refractivity contribution in [3.05, 3.63) is 92.8 Å². The normalized spacial score (nSPS) is 10.8. The molecular formula is C24H22N4O3S. The highest BCUT2D eigenvalue weighted by atomic mass is 32.1. The molecule has 2 heterocycles. The molecule has 0 aliphatic rings. The van der Waals surface area contributed by atoms with Gasteiger partial charge in [-0.2, -0.15) is 0 Å². The predicted molar refractivity (Wildman–Crippen MR) is 127 cm³/mol. The number of hydrogen-bond acceptors (Lipinski definition) is 5. The van der Waals surface area contributed by atoms with Crippen molar-refractivity contribution in [3.63, 3.8) is 0 Å². The van der Waals surface area contributed by atoms with E-state index in [0.717, 1.165) is 23.3 Å². The summed E-state index contributed by atoms with van der Waals surface area (Å²) in [5.41, 5.74) is 2.37. The van der Waals surface area contributed by atoms with Crippen molar-refractivity contribution < 1.29 is 9.59 Å². The molecular weight excluding hydrogens is 424 g/mol. The Morgan fingerprint density at radius 1 is 0.969 bits per heavy atom. The molecule has 0 aliphatic carbocycles. The van der Waals surface area contributed by atoms with E-state index in [1.165, 1.54) is 10.5 Å². The number of carbonyl (C=O) groups is 2. The van der Waals surface area contributed by atoms with Crippen LogP contribution in [0.1, 0.15) is 44.8 Å². The van der Waals surface area contributed by atoms with E-state index in [-0.39, 0.29) is 16.1 Å². The second kappa shape index (κ2) is 9.15. The minimum atomic E-state index is -0.549. The zero-order valence-electron chi connectivity index (χ0n) is 17.7. The van der Waals surface area contributed by atoms with E-state index in [2.05, 4.69) is 15.6 Å². The lowest BCUT2D eigenvalue weighted by Crippen LogP contribution is -2.25. The summed E-state index contributed by atoms with van der Waals surface area (Å²) < 4.78 is 1.22. The summed E-state index contributed by atoms with van der Waals surface area (Å²) in [4.78, 5) is 44.3. The fourth-order valence-electron chi connectivity index (χ4n) is 3.39. The second-order valence-corrected chi connectivity index (χ2v) is 8.35. The van der Waals surface area contributed by atoms with Crippen LogP contribution in [0.25, 0.3) is 4.96 Å². The van der Waals surface area contributed by atoms with Crippen LogP contribution in [0.3, 0.4) is 0 Å². The van der Waals surface area contributed by atoms with Gasteiger partial charge in [-0.15, -0.1) is 0 Å². The lowest BCUT2D eigenvalue weighted by atomic mass is 10.2. The highest BCUT2D eigenvalue weighted by molar-refractivity contribution is 7.19. The van der Waals surface area contributed by atoms with Crippen LogP contribution >= 0.6 is 11.3 Å². The largest absolute Gasteiger partial charge is 0.321 e. The van der Waals surface area contributed by atoms with E-state index in [1.54, 1.807) is 30.3 Å². The zero-order valence-corrected chi connectivity index (χ0v) is 18.5. The third-order valence-corrected chi connectivity index (χ3v) is 5.85. The van der Waals surface area contributed by atoms with Crippen LogP contribution in [0.15, 0.2) is 65.5 Å². The Bertz CT molecular complexity index is 1360. The van der Waals surface area contributed by atoms with Crippen LogP contribution in [0, 0.1) is 6.92 Å². The van der Waals surface area contributed by atoms with Crippen LogP contribution in [0.5, 0.6) is 0 Å². The monoisotopic (exact) mass is 446 g/mol. The Hall–Kier alpha value is -3.78. The number of carbonyl (C=O) groups excluding carboxylic acids is 2. The van der Waals surface area contributed by atoms with Gasteiger partial charge in [-0.3, -0.25) is 14.4 Å². The van der Waals surface area contributed by atoms with Gasteiger partial charge in [0.05, 0.1) is 0 Å². The lowest BCUT2D eigenvalue weighted by Gasteiger charge is -2.09. The first-order chi connectivity index (χ1) is 15.5. The average molecular weight is 447 g/mol. The van der Waals surface area contributed by atoms with Gasteiger partial charge in [-0.05, 0) is 43.2 Å². The minimum Gasteiger partial charge on any atom is -0.321 e. The fraction of sp³-hybridized carbons (Fsp3) is 0.167. The zero-order chi connectivity index (χ0) is 22.7. The van der Waals surface area contributed by atoms with Crippen LogP contribution in [0.4, 0.5) is 11.4 Å². The van der Waals surface area contributed by atoms with Crippen LogP contribution < -0.4 is 16.2 Å². The number of aromatic nitrogens is 2. The highest BCUT2D eigenvalue weighted by Crippen LogP contribution is 2.24. The number of anilines is 2. The summed E-state index contributed by atoms with van der Waals surface area (Å²) in [5, 5.41) is 5.60. The summed E-state index contributed by atoms with van der Waals surface area (Å²) in [5.74, 6) is -1.02. The SMILES string of the molecule is CCCc1cc(=O)n2c(C(=O)Nc3cccc(C)c3)c(C(=O)Nc3ccccc3)sc2n1. The molecule has 32 heavy (non-hydrogen) atoms. The van der Waals surface area contributed by atoms with Gasteiger partial charge in [0, 0.05) is 23.1 Å². The van der Waals surface area contributed by atoms with E-state index in [4.69, 9.17) is 0 Å². The molecule has 0 fully saturated rings. The molecule has 0 spiro atoms. The Kier molecular flexibility index (Phi) is 6.13. The number of aryl methyl sites for hydroxylation is 2. The maximum absolute atomic E-state index is 13.3. The number of nitrogens with zero attached hydrogens (tertiary/aromatic N) is 2. The topological polar surface area (TPSA) is 92.6 Å². The maximum atomic E-state index is 13.3. The first-order valence-corrected chi connectivity index (χ1v) is 11.1. The van der Waals surface area contributed by atoms with Crippen molar-refractivity contribution >= 4 is 39.5 Å². The summed E-state index contributed by atoms with van der Waals surface area (Å²) in [6.45, 7) is 3.91. The summed E-state index contributed by atoms with van der Waals surface area (Å²) in [7, 11) is 0. The molecule has 4 aromatic rings. The number of nitrogens with one attached hydrogen (secondary N) is 2. The third kappa shape index (κ3) is 4.45. The van der Waals surface area contributed by atoms with Gasteiger partial charge in [0.15, 0.2) is 4.96 Å². The van der Waals surface area contributed by atoms with Gasteiger partial charge in [0.2, 0.25) is 0 Å². The molecule has 0 atom stereocenters. The van der Waals surface area contributed by atoms with Crippen molar-refractivity contribution in [1.82, 2.24) is 9.38 Å². The second-order valence-electron chi connectivity index (χ2n) is 7.38. The number of thiazole rings is 1. The first-order valence-electron chi connectivity index (χ1n) is 10.3. The Morgan fingerprint density at radius 3 is 2.41 bits per heavy atom. The quantitative estimate of drug-likeness (QED) is 0.455. The molecule has 4 rings (SSSR count). The summed E-state index contributed by atoms with van der Waals surface area (Å²) in [6.07, 6.45) is 1.47. The molecule has 2 amide bonds. The van der Waals surface area contributed by atoms with Gasteiger partial charge in [-0.1, -0.05) is 55.0 Å². The molecule has 0 unspecified atom stereocenters. The summed E-state index contributed by atoms with van der Waals surface area (Å²) >= 11 is 1.03. The summed E-state index contributed by atoms with van der Waals surface area (Å²) in [6, 6.07) is 17.7. The maximum Gasteiger partial charge on any atom is 0.274 e. The average Bonchev–Trinajstić information content (AvgIpc) is 3.15. The number of amides is 2. The van der Waals surface area contributed by atoms with Crippen molar-refractivity contribution in [3.8, 4) is 0 Å². The van der Waals surface area contributed by atoms with E-state index < -0.39 is 11.8 Å². The predicted octanol–water partition coefficient (Wildman–Crippen LogP) is 4.52. The van der Waals surface area contributed by atoms with Gasteiger partial charge >= 0.3 is 0 Å². The Morgan fingerprint density at radius 2 is 1.69 bits per heavy atom. The van der Waals surface area contributed by atoms with Crippen molar-refractivity contribution in [2.75, 3.05) is 10.6 Å². The third-order valence-electron chi connectivity index (χ3n) is 4.81. The number of fused-ring (bicyclic) bond motifs is 1. The standard InChI is InChI=1S/C24H22N4O3S/c1-3-8-17-14-19(29)28-20(22(30)26-18-12-7-9-15(2)13-18)21(32-24(28)27-17)23(31)25-16-10-5-4-6-11-16/h4-7,9-14H,3,8H2,1-2H3,(H,25,31)(H,26,30). The van der Waals surface area contributed by atoms with Crippen LogP contribution in [-0.2, 0) is 6.42 Å². The molecule has 2 N–H and O–H groups in total. The van der Waals surface area contributed by atoms with E-state index in [0.29, 0.717) is 28.5 Å². The molecule has 0 bridgehead atoms. The molecule has 0 saturated carbocycles. The van der Waals surface area contributed by atoms with Gasteiger partial charge < -0.3 is 10.6 Å². The number of rotatable bonds is 6. The Balaban J connectivity index is 1.81. The van der Waals surface area contributed by atoms with Gasteiger partial charge in [0.25, 0.3) is 17.4 Å². The molecule has 8 heteroatoms. The lowest BCUT2D eigenvalue weighted by molar-refractivity contribution is 0.0989. The molecule has 2 aromatic carbocycles. The highest BCUT2D eigenvalue weighted by Gasteiger charge is 2.26. The minimum absolute atomic E-state index is 0.0273. The molecule has 0 saturated heterocycles. The van der Waals surface area contributed by atoms with E-state index >= 15 is 0 Å². The molecule has 0 radical (unpaired) electrons. The Labute approximate surface area is 188 Å². The molecule has 7 nitrogen and oxygen atoms in total. The van der Waals surface area contributed by atoms with E-state index in [9.17, 15) is 14.4 Å². The van der Waals surface area contributed by atoms with Crippen molar-refractivity contribution in [2.24, 2.45) is 0 Å². The van der Waals surface area contributed by atoms with E-state index in [1.807, 2.05) is 38.1 Å². The van der Waals surface area contributed by atoms with Gasteiger partial charge in [0.1, 0.15) is 10.6 Å². The number of hydrogen-bond donors (Lipinski definition) is 2. The van der Waals surface area contributed by atoms with Crippen LogP contribution in [-0.4, -0.2) is 21.2 Å². The molecule has 0 aliphatic heterocycles. The van der Waals surface area contributed by atoms with Crippen molar-refractivity contribution in [1.29, 1.82) is 0 Å². The molecule has 2 aromatic heterocycles. The number of para-hydroxylation sites is 1. The van der Waals surface area contributed by atoms with Crippen molar-refractivity contribution in [2.45, 2.75) is 26.7 Å².